The van der Waals surface area contributed by atoms with E-state index in [0.29, 0.717) is 9.99 Å². The third kappa shape index (κ3) is 1.58. The summed E-state index contributed by atoms with van der Waals surface area (Å²) in [5.41, 5.74) is 0.466. The molecule has 0 unspecified atom stereocenters. The fourth-order valence-electron chi connectivity index (χ4n) is 1.03. The number of fused-ring (bicyclic) bond motifs is 1. The Kier molecular flexibility index (Phi) is 2.60. The second-order valence-corrected chi connectivity index (χ2v) is 4.10. The minimum atomic E-state index is -0.478. The molecular formula is C8H2BrCl2FN2. The average molecular weight is 296 g/mol. The molecule has 0 saturated heterocycles. The molecule has 2 rings (SSSR count). The van der Waals surface area contributed by atoms with Gasteiger partial charge in [-0.1, -0.05) is 23.2 Å². The first-order valence-electron chi connectivity index (χ1n) is 3.56. The molecule has 0 atom stereocenters. The van der Waals surface area contributed by atoms with Gasteiger partial charge in [-0.05, 0) is 28.1 Å². The zero-order chi connectivity index (χ0) is 10.3. The Morgan fingerprint density at radius 1 is 1.07 bits per heavy atom. The number of aromatic nitrogens is 2. The SMILES string of the molecule is Fc1ccc(Br)c2nc(Cl)c(Cl)nc12. The first-order chi connectivity index (χ1) is 6.59. The van der Waals surface area contributed by atoms with Crippen LogP contribution in [0, 0.1) is 5.82 Å². The van der Waals surface area contributed by atoms with Gasteiger partial charge in [0.25, 0.3) is 0 Å². The van der Waals surface area contributed by atoms with E-state index in [1.807, 2.05) is 0 Å². The van der Waals surface area contributed by atoms with Crippen molar-refractivity contribution in [3.05, 3.63) is 32.7 Å². The van der Waals surface area contributed by atoms with Gasteiger partial charge in [0, 0.05) is 4.47 Å². The highest BCUT2D eigenvalue weighted by Gasteiger charge is 2.10. The van der Waals surface area contributed by atoms with Gasteiger partial charge in [-0.2, -0.15) is 0 Å². The van der Waals surface area contributed by atoms with Crippen LogP contribution in [0.3, 0.4) is 0 Å². The lowest BCUT2D eigenvalue weighted by atomic mass is 10.3. The maximum Gasteiger partial charge on any atom is 0.167 e. The summed E-state index contributed by atoms with van der Waals surface area (Å²) in [7, 11) is 0. The second-order valence-electron chi connectivity index (χ2n) is 2.53. The lowest BCUT2D eigenvalue weighted by Gasteiger charge is -2.02. The van der Waals surface area contributed by atoms with Crippen LogP contribution < -0.4 is 0 Å². The Labute approximate surface area is 97.2 Å². The van der Waals surface area contributed by atoms with E-state index in [2.05, 4.69) is 25.9 Å². The van der Waals surface area contributed by atoms with Crippen molar-refractivity contribution in [1.29, 1.82) is 0 Å². The number of hydrogen-bond donors (Lipinski definition) is 0. The van der Waals surface area contributed by atoms with Crippen LogP contribution in [0.5, 0.6) is 0 Å². The van der Waals surface area contributed by atoms with Gasteiger partial charge in [0.1, 0.15) is 11.0 Å². The summed E-state index contributed by atoms with van der Waals surface area (Å²) in [6.07, 6.45) is 0. The largest absolute Gasteiger partial charge is 0.230 e. The molecule has 2 nitrogen and oxygen atoms in total. The minimum absolute atomic E-state index is 0.00355. The highest BCUT2D eigenvalue weighted by atomic mass is 79.9. The monoisotopic (exact) mass is 294 g/mol. The summed E-state index contributed by atoms with van der Waals surface area (Å²) >= 11 is 14.5. The van der Waals surface area contributed by atoms with Crippen LogP contribution in [0.15, 0.2) is 16.6 Å². The van der Waals surface area contributed by atoms with E-state index in [-0.39, 0.29) is 15.8 Å². The Morgan fingerprint density at radius 3 is 2.29 bits per heavy atom. The molecular weight excluding hydrogens is 294 g/mol. The fraction of sp³-hybridized carbons (Fsp3) is 0. The van der Waals surface area contributed by atoms with Crippen LogP contribution in [0.4, 0.5) is 4.39 Å². The predicted molar refractivity (Wildman–Crippen MR) is 57.2 cm³/mol. The van der Waals surface area contributed by atoms with Crippen LogP contribution in [0.1, 0.15) is 0 Å². The smallest absolute Gasteiger partial charge is 0.167 e. The van der Waals surface area contributed by atoms with E-state index >= 15 is 0 Å². The van der Waals surface area contributed by atoms with Crippen molar-refractivity contribution in [3.63, 3.8) is 0 Å². The molecule has 0 aliphatic heterocycles. The van der Waals surface area contributed by atoms with E-state index in [1.165, 1.54) is 12.1 Å². The van der Waals surface area contributed by atoms with Crippen molar-refractivity contribution in [3.8, 4) is 0 Å². The Bertz CT molecular complexity index is 472. The van der Waals surface area contributed by atoms with E-state index in [0.717, 1.165) is 0 Å². The number of rotatable bonds is 0. The molecule has 0 aliphatic carbocycles. The van der Waals surface area contributed by atoms with Crippen molar-refractivity contribution in [1.82, 2.24) is 9.97 Å². The zero-order valence-electron chi connectivity index (χ0n) is 6.56. The van der Waals surface area contributed by atoms with Gasteiger partial charge in [-0.15, -0.1) is 0 Å². The van der Waals surface area contributed by atoms with Crippen LogP contribution in [0.25, 0.3) is 11.0 Å². The highest BCUT2D eigenvalue weighted by Crippen LogP contribution is 2.27. The van der Waals surface area contributed by atoms with Crippen molar-refractivity contribution in [2.45, 2.75) is 0 Å². The molecule has 0 fully saturated rings. The first kappa shape index (κ1) is 10.1. The molecule has 1 heterocycles. The van der Waals surface area contributed by atoms with Crippen molar-refractivity contribution < 1.29 is 4.39 Å². The summed E-state index contributed by atoms with van der Waals surface area (Å²) in [6.45, 7) is 0. The molecule has 0 saturated carbocycles. The first-order valence-corrected chi connectivity index (χ1v) is 5.11. The van der Waals surface area contributed by atoms with Crippen molar-refractivity contribution in [2.24, 2.45) is 0 Å². The summed E-state index contributed by atoms with van der Waals surface area (Å²) in [5.74, 6) is -0.478. The van der Waals surface area contributed by atoms with Gasteiger partial charge in [-0.3, -0.25) is 0 Å². The topological polar surface area (TPSA) is 25.8 Å². The van der Waals surface area contributed by atoms with Crippen LogP contribution in [0.2, 0.25) is 10.3 Å². The third-order valence-corrected chi connectivity index (χ3v) is 2.91. The Hall–Kier alpha value is -0.450. The normalized spacial score (nSPS) is 10.9. The summed E-state index contributed by atoms with van der Waals surface area (Å²) < 4.78 is 13.9. The molecule has 2 aromatic rings. The molecule has 1 aromatic carbocycles. The van der Waals surface area contributed by atoms with E-state index in [9.17, 15) is 4.39 Å². The van der Waals surface area contributed by atoms with E-state index < -0.39 is 5.82 Å². The lowest BCUT2D eigenvalue weighted by Crippen LogP contribution is -1.91. The highest BCUT2D eigenvalue weighted by molar-refractivity contribution is 9.10. The molecule has 0 aliphatic rings. The zero-order valence-corrected chi connectivity index (χ0v) is 9.66. The Morgan fingerprint density at radius 2 is 1.64 bits per heavy atom. The molecule has 0 spiro atoms. The number of halogens is 4. The third-order valence-electron chi connectivity index (χ3n) is 1.64. The summed E-state index contributed by atoms with van der Waals surface area (Å²) in [5, 5.41) is 0.0571. The fourth-order valence-corrected chi connectivity index (χ4v) is 1.69. The maximum atomic E-state index is 13.3. The number of benzene rings is 1. The molecule has 0 N–H and O–H groups in total. The standard InChI is InChI=1S/C8H2BrCl2FN2/c9-3-1-2-4(12)6-5(3)13-7(10)8(11)14-6/h1-2H. The molecule has 6 heteroatoms. The van der Waals surface area contributed by atoms with Crippen LogP contribution in [-0.4, -0.2) is 9.97 Å². The molecule has 14 heavy (non-hydrogen) atoms. The Balaban J connectivity index is 2.94. The quantitative estimate of drug-likeness (QED) is 0.738. The number of nitrogens with zero attached hydrogens (tertiary/aromatic N) is 2. The minimum Gasteiger partial charge on any atom is -0.230 e. The van der Waals surface area contributed by atoms with Crippen LogP contribution in [-0.2, 0) is 0 Å². The molecule has 72 valence electrons. The maximum absolute atomic E-state index is 13.3. The molecule has 0 bridgehead atoms. The molecule has 0 radical (unpaired) electrons. The van der Waals surface area contributed by atoms with Gasteiger partial charge in [0.15, 0.2) is 16.1 Å². The summed E-state index contributed by atoms with van der Waals surface area (Å²) in [4.78, 5) is 7.72. The average Bonchev–Trinajstić information content (AvgIpc) is 2.15. The summed E-state index contributed by atoms with van der Waals surface area (Å²) in [6, 6.07) is 2.82. The van der Waals surface area contributed by atoms with Gasteiger partial charge in [0.2, 0.25) is 0 Å². The van der Waals surface area contributed by atoms with Gasteiger partial charge in [-0.25, -0.2) is 14.4 Å². The van der Waals surface area contributed by atoms with Gasteiger partial charge in [0.05, 0.1) is 0 Å². The van der Waals surface area contributed by atoms with Crippen molar-refractivity contribution >= 4 is 50.2 Å². The van der Waals surface area contributed by atoms with E-state index in [4.69, 9.17) is 23.2 Å². The predicted octanol–water partition coefficient (Wildman–Crippen LogP) is 3.84. The lowest BCUT2D eigenvalue weighted by molar-refractivity contribution is 0.636. The second kappa shape index (κ2) is 3.61. The van der Waals surface area contributed by atoms with Gasteiger partial charge < -0.3 is 0 Å². The molecule has 1 aromatic heterocycles. The number of hydrogen-bond acceptors (Lipinski definition) is 2. The van der Waals surface area contributed by atoms with E-state index in [1.54, 1.807) is 0 Å². The van der Waals surface area contributed by atoms with Crippen LogP contribution >= 0.6 is 39.1 Å². The van der Waals surface area contributed by atoms with Crippen molar-refractivity contribution in [2.75, 3.05) is 0 Å². The molecule has 0 amide bonds. The van der Waals surface area contributed by atoms with Gasteiger partial charge >= 0.3 is 0 Å².